The van der Waals surface area contributed by atoms with Gasteiger partial charge in [-0.15, -0.1) is 6.58 Å². The van der Waals surface area contributed by atoms with Crippen molar-refractivity contribution in [2.75, 3.05) is 0 Å². The molecule has 0 amide bonds. The molecule has 0 bridgehead atoms. The first-order valence-electron chi connectivity index (χ1n) is 7.15. The zero-order valence-electron chi connectivity index (χ0n) is 11.9. The highest BCUT2D eigenvalue weighted by Gasteiger charge is 2.14. The molecule has 0 atom stereocenters. The molecule has 0 saturated heterocycles. The lowest BCUT2D eigenvalue weighted by Crippen LogP contribution is -2.24. The van der Waals surface area contributed by atoms with E-state index in [0.29, 0.717) is 18.5 Å². The first-order chi connectivity index (χ1) is 9.70. The number of aromatic hydroxyl groups is 1. The number of benzene rings is 1. The molecule has 0 saturated carbocycles. The second-order valence-corrected chi connectivity index (χ2v) is 5.01. The molecule has 2 rings (SSSR count). The first-order valence-corrected chi connectivity index (χ1v) is 7.15. The predicted octanol–water partition coefficient (Wildman–Crippen LogP) is 3.63. The summed E-state index contributed by atoms with van der Waals surface area (Å²) in [5, 5.41) is 11.1. The summed E-state index contributed by atoms with van der Waals surface area (Å²) in [6.07, 6.45) is 5.41. The van der Waals surface area contributed by atoms with E-state index in [1.165, 1.54) is 0 Å². The summed E-state index contributed by atoms with van der Waals surface area (Å²) in [7, 11) is 0. The fourth-order valence-electron chi connectivity index (χ4n) is 2.53. The molecule has 0 spiro atoms. The van der Waals surface area contributed by atoms with E-state index in [4.69, 9.17) is 0 Å². The quantitative estimate of drug-likeness (QED) is 0.644. The zero-order chi connectivity index (χ0) is 14.5. The molecule has 2 aromatic rings. The van der Waals surface area contributed by atoms with Crippen molar-refractivity contribution in [3.8, 4) is 5.75 Å². The highest BCUT2D eigenvalue weighted by molar-refractivity contribution is 5.86. The van der Waals surface area contributed by atoms with Crippen LogP contribution in [0.3, 0.4) is 0 Å². The van der Waals surface area contributed by atoms with Crippen LogP contribution < -0.4 is 5.56 Å². The van der Waals surface area contributed by atoms with Crippen molar-refractivity contribution < 1.29 is 5.11 Å². The number of rotatable bonds is 6. The Morgan fingerprint density at radius 3 is 2.75 bits per heavy atom. The van der Waals surface area contributed by atoms with Crippen LogP contribution in [-0.4, -0.2) is 9.67 Å². The highest BCUT2D eigenvalue weighted by Crippen LogP contribution is 2.27. The van der Waals surface area contributed by atoms with Gasteiger partial charge in [0.25, 0.3) is 5.56 Å². The normalized spacial score (nSPS) is 10.8. The minimum absolute atomic E-state index is 0.0998. The second-order valence-electron chi connectivity index (χ2n) is 5.01. The molecular weight excluding hydrogens is 250 g/mol. The second kappa shape index (κ2) is 6.42. The van der Waals surface area contributed by atoms with Gasteiger partial charge in [0.05, 0.1) is 11.1 Å². The molecule has 3 heteroatoms. The number of hydrogen-bond donors (Lipinski definition) is 1. The van der Waals surface area contributed by atoms with Crippen molar-refractivity contribution in [3.63, 3.8) is 0 Å². The summed E-state index contributed by atoms with van der Waals surface area (Å²) in [5.74, 6) is 0.141. The lowest BCUT2D eigenvalue weighted by atomic mass is 10.0. The number of allylic oxidation sites excluding steroid dienone is 1. The maximum Gasteiger partial charge on any atom is 0.258 e. The lowest BCUT2D eigenvalue weighted by molar-refractivity contribution is 0.469. The molecular formula is C17H21NO2. The molecule has 1 aromatic heterocycles. The van der Waals surface area contributed by atoms with Gasteiger partial charge in [0, 0.05) is 11.9 Å². The van der Waals surface area contributed by atoms with Crippen LogP contribution in [0.2, 0.25) is 0 Å². The molecule has 106 valence electrons. The smallest absolute Gasteiger partial charge is 0.258 e. The largest absolute Gasteiger partial charge is 0.507 e. The fraction of sp³-hybridized carbons (Fsp3) is 0.353. The van der Waals surface area contributed by atoms with Crippen molar-refractivity contribution in [1.82, 2.24) is 4.57 Å². The van der Waals surface area contributed by atoms with Gasteiger partial charge in [-0.05, 0) is 25.0 Å². The van der Waals surface area contributed by atoms with Crippen molar-refractivity contribution >= 4 is 10.9 Å². The fourth-order valence-corrected chi connectivity index (χ4v) is 2.53. The zero-order valence-corrected chi connectivity index (χ0v) is 11.9. The van der Waals surface area contributed by atoms with E-state index in [9.17, 15) is 9.90 Å². The van der Waals surface area contributed by atoms with Crippen molar-refractivity contribution in [1.29, 1.82) is 0 Å². The van der Waals surface area contributed by atoms with Gasteiger partial charge in [0.1, 0.15) is 5.75 Å². The molecule has 1 N–H and O–H groups in total. The average molecular weight is 271 g/mol. The topological polar surface area (TPSA) is 42.2 Å². The lowest BCUT2D eigenvalue weighted by Gasteiger charge is -2.13. The van der Waals surface area contributed by atoms with Crippen LogP contribution in [-0.2, 0) is 13.0 Å². The molecule has 1 heterocycles. The van der Waals surface area contributed by atoms with E-state index < -0.39 is 0 Å². The van der Waals surface area contributed by atoms with Gasteiger partial charge >= 0.3 is 0 Å². The van der Waals surface area contributed by atoms with Crippen LogP contribution in [0.15, 0.2) is 41.7 Å². The number of unbranched alkanes of at least 4 members (excludes halogenated alkanes) is 2. The Morgan fingerprint density at radius 2 is 2.05 bits per heavy atom. The standard InChI is InChI=1S/C17H21NO2/c1-3-5-6-10-14-16(19)13-9-7-8-11-15(13)18(12-4-2)17(14)20/h4,7-9,11,19H,2-3,5-6,10,12H2,1H3. The SMILES string of the molecule is C=CCn1c(=O)c(CCCCC)c(O)c2ccccc21. The molecule has 3 nitrogen and oxygen atoms in total. The van der Waals surface area contributed by atoms with Gasteiger partial charge in [-0.3, -0.25) is 4.79 Å². The van der Waals surface area contributed by atoms with E-state index >= 15 is 0 Å². The maximum atomic E-state index is 12.5. The number of aromatic nitrogens is 1. The molecule has 0 fully saturated rings. The van der Waals surface area contributed by atoms with E-state index in [0.717, 1.165) is 30.2 Å². The summed E-state index contributed by atoms with van der Waals surface area (Å²) >= 11 is 0. The number of hydrogen-bond acceptors (Lipinski definition) is 2. The Kier molecular flexibility index (Phi) is 4.61. The van der Waals surface area contributed by atoms with E-state index in [1.54, 1.807) is 10.6 Å². The molecule has 0 radical (unpaired) electrons. The van der Waals surface area contributed by atoms with Gasteiger partial charge in [-0.2, -0.15) is 0 Å². The first kappa shape index (κ1) is 14.4. The van der Waals surface area contributed by atoms with Gasteiger partial charge in [-0.25, -0.2) is 0 Å². The van der Waals surface area contributed by atoms with Crippen molar-refractivity contribution in [2.24, 2.45) is 0 Å². The number of para-hydroxylation sites is 1. The summed E-state index contributed by atoms with van der Waals surface area (Å²) < 4.78 is 1.68. The van der Waals surface area contributed by atoms with Crippen molar-refractivity contribution in [2.45, 2.75) is 39.2 Å². The van der Waals surface area contributed by atoms with Crippen LogP contribution >= 0.6 is 0 Å². The number of nitrogens with zero attached hydrogens (tertiary/aromatic N) is 1. The van der Waals surface area contributed by atoms with Gasteiger partial charge in [0.2, 0.25) is 0 Å². The third-order valence-corrected chi connectivity index (χ3v) is 3.58. The monoisotopic (exact) mass is 271 g/mol. The number of pyridine rings is 1. The third kappa shape index (κ3) is 2.62. The molecule has 1 aromatic carbocycles. The van der Waals surface area contributed by atoms with Gasteiger partial charge < -0.3 is 9.67 Å². The van der Waals surface area contributed by atoms with E-state index in [2.05, 4.69) is 13.5 Å². The highest BCUT2D eigenvalue weighted by atomic mass is 16.3. The average Bonchev–Trinajstić information content (AvgIpc) is 2.47. The third-order valence-electron chi connectivity index (χ3n) is 3.58. The molecule has 0 aliphatic carbocycles. The Bertz CT molecular complexity index is 670. The van der Waals surface area contributed by atoms with E-state index in [-0.39, 0.29) is 11.3 Å². The molecule has 20 heavy (non-hydrogen) atoms. The summed E-state index contributed by atoms with van der Waals surface area (Å²) in [5.41, 5.74) is 1.19. The number of fused-ring (bicyclic) bond motifs is 1. The van der Waals surface area contributed by atoms with Crippen LogP contribution in [0.1, 0.15) is 31.7 Å². The Balaban J connectivity index is 2.62. The summed E-state index contributed by atoms with van der Waals surface area (Å²) in [6, 6.07) is 7.46. The molecule has 0 aliphatic rings. The van der Waals surface area contributed by atoms with Crippen LogP contribution in [0.4, 0.5) is 0 Å². The Labute approximate surface area is 119 Å². The van der Waals surface area contributed by atoms with E-state index in [1.807, 2.05) is 24.3 Å². The van der Waals surface area contributed by atoms with Crippen LogP contribution in [0, 0.1) is 0 Å². The van der Waals surface area contributed by atoms with Gasteiger partial charge in [-0.1, -0.05) is 38.0 Å². The Hall–Kier alpha value is -2.03. The maximum absolute atomic E-state index is 12.5. The molecule has 0 unspecified atom stereocenters. The van der Waals surface area contributed by atoms with Crippen LogP contribution in [0.5, 0.6) is 5.75 Å². The minimum atomic E-state index is -0.0998. The Morgan fingerprint density at radius 1 is 1.30 bits per heavy atom. The minimum Gasteiger partial charge on any atom is -0.507 e. The van der Waals surface area contributed by atoms with Crippen molar-refractivity contribution in [3.05, 3.63) is 52.8 Å². The predicted molar refractivity (Wildman–Crippen MR) is 83.3 cm³/mol. The molecule has 0 aliphatic heterocycles. The van der Waals surface area contributed by atoms with Crippen LogP contribution in [0.25, 0.3) is 10.9 Å². The van der Waals surface area contributed by atoms with Gasteiger partial charge in [0.15, 0.2) is 0 Å². The summed E-state index contributed by atoms with van der Waals surface area (Å²) in [6.45, 7) is 6.29. The summed E-state index contributed by atoms with van der Waals surface area (Å²) in [4.78, 5) is 12.5.